The van der Waals surface area contributed by atoms with Crippen molar-refractivity contribution in [2.24, 2.45) is 5.73 Å². The van der Waals surface area contributed by atoms with E-state index < -0.39 is 0 Å². The van der Waals surface area contributed by atoms with E-state index in [0.29, 0.717) is 18.1 Å². The van der Waals surface area contributed by atoms with Gasteiger partial charge in [-0.25, -0.2) is 0 Å². The maximum Gasteiger partial charge on any atom is 0.134 e. The number of phenolic OH excluding ortho intramolecular Hbond substituents is 1. The van der Waals surface area contributed by atoms with Crippen molar-refractivity contribution in [2.75, 3.05) is 0 Å². The van der Waals surface area contributed by atoms with Crippen LogP contribution in [0.5, 0.6) is 5.75 Å². The van der Waals surface area contributed by atoms with Crippen LogP contribution in [0.2, 0.25) is 0 Å². The fourth-order valence-corrected chi connectivity index (χ4v) is 3.92. The van der Waals surface area contributed by atoms with Gasteiger partial charge in [-0.2, -0.15) is 0 Å². The monoisotopic (exact) mass is 272 g/mol. The molecule has 1 aromatic carbocycles. The van der Waals surface area contributed by atoms with E-state index in [-0.39, 0.29) is 5.75 Å². The zero-order valence-corrected chi connectivity index (χ0v) is 11.5. The van der Waals surface area contributed by atoms with E-state index in [1.807, 2.05) is 12.1 Å². The summed E-state index contributed by atoms with van der Waals surface area (Å²) in [6.45, 7) is 0.859. The van der Waals surface area contributed by atoms with E-state index in [1.54, 1.807) is 12.1 Å². The van der Waals surface area contributed by atoms with Gasteiger partial charge in [0, 0.05) is 23.5 Å². The van der Waals surface area contributed by atoms with Gasteiger partial charge in [0.15, 0.2) is 0 Å². The molecule has 3 atom stereocenters. The molecule has 4 nitrogen and oxygen atoms in total. The highest BCUT2D eigenvalue weighted by Crippen LogP contribution is 2.36. The smallest absolute Gasteiger partial charge is 0.134 e. The van der Waals surface area contributed by atoms with Crippen molar-refractivity contribution < 1.29 is 9.52 Å². The molecular formula is C16H20N2O2. The standard InChI is InChI=1S/C16H20N2O2/c17-11-7-12-1-2-13(8-11)18(12)9-15-6-10-5-14(19)3-4-16(10)20-15/h3-6,11-13,19H,1-2,7-9,17H2/t11-,12+,13-. The molecule has 1 aromatic heterocycles. The van der Waals surface area contributed by atoms with E-state index in [2.05, 4.69) is 4.90 Å². The van der Waals surface area contributed by atoms with E-state index >= 15 is 0 Å². The molecule has 4 rings (SSSR count). The summed E-state index contributed by atoms with van der Waals surface area (Å²) in [5.74, 6) is 1.27. The van der Waals surface area contributed by atoms with E-state index in [9.17, 15) is 5.11 Å². The molecule has 106 valence electrons. The molecule has 0 unspecified atom stereocenters. The third-order valence-corrected chi connectivity index (χ3v) is 4.81. The highest BCUT2D eigenvalue weighted by molar-refractivity contribution is 5.79. The number of nitrogens with zero attached hydrogens (tertiary/aromatic N) is 1. The molecule has 2 aliphatic rings. The zero-order valence-electron chi connectivity index (χ0n) is 11.5. The van der Waals surface area contributed by atoms with Gasteiger partial charge in [-0.3, -0.25) is 4.90 Å². The summed E-state index contributed by atoms with van der Waals surface area (Å²) in [7, 11) is 0. The fraction of sp³-hybridized carbons (Fsp3) is 0.500. The molecule has 3 N–H and O–H groups in total. The lowest BCUT2D eigenvalue weighted by atomic mass is 9.98. The number of rotatable bonds is 2. The molecule has 2 aliphatic heterocycles. The number of benzene rings is 1. The topological polar surface area (TPSA) is 62.6 Å². The number of piperidine rings is 1. The van der Waals surface area contributed by atoms with Crippen molar-refractivity contribution in [3.05, 3.63) is 30.0 Å². The van der Waals surface area contributed by atoms with Gasteiger partial charge in [-0.1, -0.05) is 0 Å². The van der Waals surface area contributed by atoms with Crippen LogP contribution >= 0.6 is 0 Å². The molecule has 4 heteroatoms. The van der Waals surface area contributed by atoms with Gasteiger partial charge < -0.3 is 15.3 Å². The summed E-state index contributed by atoms with van der Waals surface area (Å²) in [4.78, 5) is 2.56. The maximum absolute atomic E-state index is 9.52. The quantitative estimate of drug-likeness (QED) is 0.882. The Hall–Kier alpha value is -1.52. The first-order valence-electron chi connectivity index (χ1n) is 7.42. The van der Waals surface area contributed by atoms with Crippen LogP contribution in [0, 0.1) is 0 Å². The first-order valence-corrected chi connectivity index (χ1v) is 7.42. The molecule has 0 radical (unpaired) electrons. The maximum atomic E-state index is 9.52. The average molecular weight is 272 g/mol. The van der Waals surface area contributed by atoms with Crippen LogP contribution in [-0.4, -0.2) is 28.1 Å². The second-order valence-electron chi connectivity index (χ2n) is 6.22. The van der Waals surface area contributed by atoms with Crippen LogP contribution in [0.25, 0.3) is 11.0 Å². The molecule has 2 fully saturated rings. The third-order valence-electron chi connectivity index (χ3n) is 4.81. The molecule has 0 amide bonds. The number of hydrogen-bond acceptors (Lipinski definition) is 4. The number of phenols is 1. The molecule has 20 heavy (non-hydrogen) atoms. The summed E-state index contributed by atoms with van der Waals surface area (Å²) in [5.41, 5.74) is 6.96. The first kappa shape index (κ1) is 12.2. The van der Waals surface area contributed by atoms with Gasteiger partial charge in [-0.15, -0.1) is 0 Å². The molecule has 0 aliphatic carbocycles. The first-order chi connectivity index (χ1) is 9.69. The lowest BCUT2D eigenvalue weighted by molar-refractivity contribution is 0.112. The third kappa shape index (κ3) is 2.00. The van der Waals surface area contributed by atoms with Crippen molar-refractivity contribution in [1.82, 2.24) is 4.90 Å². The minimum Gasteiger partial charge on any atom is -0.508 e. The summed E-state index contributed by atoms with van der Waals surface area (Å²) in [6, 6.07) is 8.90. The SMILES string of the molecule is N[C@H]1C[C@H]2CC[C@@H](C1)N2Cc1cc2cc(O)ccc2o1. The second-order valence-corrected chi connectivity index (χ2v) is 6.22. The molecule has 3 heterocycles. The second kappa shape index (κ2) is 4.50. The van der Waals surface area contributed by atoms with Crippen LogP contribution in [0.3, 0.4) is 0 Å². The van der Waals surface area contributed by atoms with Crippen molar-refractivity contribution in [1.29, 1.82) is 0 Å². The van der Waals surface area contributed by atoms with Crippen molar-refractivity contribution in [3.63, 3.8) is 0 Å². The number of hydrogen-bond donors (Lipinski definition) is 2. The van der Waals surface area contributed by atoms with Gasteiger partial charge in [0.2, 0.25) is 0 Å². The van der Waals surface area contributed by atoms with Crippen molar-refractivity contribution in [3.8, 4) is 5.75 Å². The Bertz CT molecular complexity index is 622. The minimum atomic E-state index is 0.286. The lowest BCUT2D eigenvalue weighted by Gasteiger charge is -2.37. The van der Waals surface area contributed by atoms with E-state index in [1.165, 1.54) is 12.8 Å². The van der Waals surface area contributed by atoms with Crippen LogP contribution in [0.1, 0.15) is 31.4 Å². The van der Waals surface area contributed by atoms with Gasteiger partial charge in [0.05, 0.1) is 6.54 Å². The Labute approximate surface area is 118 Å². The van der Waals surface area contributed by atoms with Crippen LogP contribution < -0.4 is 5.73 Å². The normalized spacial score (nSPS) is 30.1. The molecule has 0 saturated carbocycles. The largest absolute Gasteiger partial charge is 0.508 e. The van der Waals surface area contributed by atoms with Crippen LogP contribution in [0.4, 0.5) is 0 Å². The minimum absolute atomic E-state index is 0.286. The van der Waals surface area contributed by atoms with Crippen LogP contribution in [-0.2, 0) is 6.54 Å². The molecule has 0 spiro atoms. The van der Waals surface area contributed by atoms with Gasteiger partial charge in [-0.05, 0) is 49.9 Å². The Morgan fingerprint density at radius 2 is 1.95 bits per heavy atom. The predicted molar refractivity (Wildman–Crippen MR) is 77.4 cm³/mol. The lowest BCUT2D eigenvalue weighted by Crippen LogP contribution is -2.46. The molecule has 2 saturated heterocycles. The average Bonchev–Trinajstić information content (AvgIpc) is 2.89. The Kier molecular flexibility index (Phi) is 2.75. The Morgan fingerprint density at radius 1 is 1.20 bits per heavy atom. The van der Waals surface area contributed by atoms with Crippen molar-refractivity contribution in [2.45, 2.75) is 50.4 Å². The van der Waals surface area contributed by atoms with Crippen LogP contribution in [0.15, 0.2) is 28.7 Å². The number of aromatic hydroxyl groups is 1. The number of furan rings is 1. The number of nitrogens with two attached hydrogens (primary N) is 1. The number of fused-ring (bicyclic) bond motifs is 3. The highest BCUT2D eigenvalue weighted by Gasteiger charge is 2.39. The molecule has 2 aromatic rings. The molecular weight excluding hydrogens is 252 g/mol. The summed E-state index contributed by atoms with van der Waals surface area (Å²) in [5, 5.41) is 10.5. The zero-order chi connectivity index (χ0) is 13.7. The predicted octanol–water partition coefficient (Wildman–Crippen LogP) is 2.59. The fourth-order valence-electron chi connectivity index (χ4n) is 3.92. The van der Waals surface area contributed by atoms with Crippen molar-refractivity contribution >= 4 is 11.0 Å². The van der Waals surface area contributed by atoms with E-state index in [4.69, 9.17) is 10.2 Å². The molecule has 2 bridgehead atoms. The van der Waals surface area contributed by atoms with E-state index in [0.717, 1.165) is 36.1 Å². The Balaban J connectivity index is 1.58. The van der Waals surface area contributed by atoms with Gasteiger partial charge in [0.1, 0.15) is 17.1 Å². The van der Waals surface area contributed by atoms with Gasteiger partial charge >= 0.3 is 0 Å². The summed E-state index contributed by atoms with van der Waals surface area (Å²) < 4.78 is 5.89. The Morgan fingerprint density at radius 3 is 2.70 bits per heavy atom. The highest BCUT2D eigenvalue weighted by atomic mass is 16.3. The van der Waals surface area contributed by atoms with Gasteiger partial charge in [0.25, 0.3) is 0 Å². The summed E-state index contributed by atoms with van der Waals surface area (Å²) >= 11 is 0. The summed E-state index contributed by atoms with van der Waals surface area (Å²) in [6.07, 6.45) is 4.74.